The molecule has 1 aromatic heterocycles. The lowest BCUT2D eigenvalue weighted by molar-refractivity contribution is 0.592. The molecule has 242 valence electrons. The largest absolute Gasteiger partial charge is 0.311 e. The average molecular weight is 698 g/mol. The summed E-state index contributed by atoms with van der Waals surface area (Å²) in [6.07, 6.45) is 0. The van der Waals surface area contributed by atoms with Gasteiger partial charge in [-0.05, 0) is 59.1 Å². The Hall–Kier alpha value is -6.28. The molecule has 0 spiro atoms. The Bertz CT molecular complexity index is 4160. The van der Waals surface area contributed by atoms with Gasteiger partial charge < -0.3 is 9.46 Å². The molecular formula is C47H33N2OP. The highest BCUT2D eigenvalue weighted by Gasteiger charge is 2.32. The van der Waals surface area contributed by atoms with E-state index < -0.39 is 229 Å². The summed E-state index contributed by atoms with van der Waals surface area (Å²) < 4.78 is 242. The van der Waals surface area contributed by atoms with Crippen molar-refractivity contribution in [3.63, 3.8) is 0 Å². The van der Waals surface area contributed by atoms with Crippen molar-refractivity contribution >= 4 is 72.6 Å². The van der Waals surface area contributed by atoms with Crippen molar-refractivity contribution in [1.82, 2.24) is 4.98 Å². The summed E-state index contributed by atoms with van der Waals surface area (Å²) in [6, 6.07) is -13.0. The molecule has 9 aromatic rings. The van der Waals surface area contributed by atoms with E-state index in [0.29, 0.717) is 0 Å². The van der Waals surface area contributed by atoms with E-state index in [9.17, 15) is 9.60 Å². The third-order valence-corrected chi connectivity index (χ3v) is 10.7. The smallest absolute Gasteiger partial charge is 0.171 e. The summed E-state index contributed by atoms with van der Waals surface area (Å²) in [6.45, 7) is 0. The lowest BCUT2D eigenvalue weighted by Gasteiger charge is -2.25. The van der Waals surface area contributed by atoms with Crippen molar-refractivity contribution in [2.24, 2.45) is 0 Å². The fraction of sp³-hybridized carbons (Fsp3) is 0. The minimum absolute atomic E-state index is 0.374. The third-order valence-electron chi connectivity index (χ3n) is 7.91. The number of anilines is 3. The van der Waals surface area contributed by atoms with Crippen molar-refractivity contribution in [1.29, 1.82) is 0 Å². The topological polar surface area (TPSA) is 33.2 Å². The van der Waals surface area contributed by atoms with Crippen LogP contribution in [0.5, 0.6) is 0 Å². The van der Waals surface area contributed by atoms with Crippen LogP contribution < -0.4 is 20.8 Å². The van der Waals surface area contributed by atoms with E-state index in [1.165, 1.54) is 0 Å². The summed E-state index contributed by atoms with van der Waals surface area (Å²) in [5.41, 5.74) is -3.54. The highest BCUT2D eigenvalue weighted by atomic mass is 31.2. The zero-order valence-corrected chi connectivity index (χ0v) is 26.8. The van der Waals surface area contributed by atoms with E-state index in [2.05, 4.69) is 4.98 Å². The molecule has 0 N–H and O–H groups in total. The molecule has 51 heavy (non-hydrogen) atoms. The minimum Gasteiger partial charge on any atom is -0.311 e. The molecule has 1 unspecified atom stereocenters. The van der Waals surface area contributed by atoms with E-state index in [1.54, 1.807) is 0 Å². The summed E-state index contributed by atoms with van der Waals surface area (Å²) in [5, 5.41) is -6.35. The summed E-state index contributed by atoms with van der Waals surface area (Å²) in [5.74, 6) is 0. The van der Waals surface area contributed by atoms with Gasteiger partial charge in [0.05, 0.1) is 45.5 Å². The molecule has 0 bridgehead atoms. The van der Waals surface area contributed by atoms with Crippen LogP contribution in [-0.2, 0) is 4.57 Å². The van der Waals surface area contributed by atoms with Crippen LogP contribution in [-0.4, -0.2) is 4.98 Å². The molecule has 0 aliphatic rings. The van der Waals surface area contributed by atoms with Gasteiger partial charge in [0, 0.05) is 54.7 Å². The first-order chi connectivity index (χ1) is 35.5. The highest BCUT2D eigenvalue weighted by molar-refractivity contribution is 7.85. The minimum atomic E-state index is -5.66. The van der Waals surface area contributed by atoms with E-state index >= 15 is 4.57 Å². The summed E-state index contributed by atoms with van der Waals surface area (Å²) in [7, 11) is -5.66. The van der Waals surface area contributed by atoms with Gasteiger partial charge >= 0.3 is 0 Å². The van der Waals surface area contributed by atoms with Gasteiger partial charge in [-0.3, -0.25) is 0 Å². The first-order valence-electron chi connectivity index (χ1n) is 27.6. The Kier molecular flexibility index (Phi) is 3.57. The van der Waals surface area contributed by atoms with Crippen LogP contribution in [0.3, 0.4) is 0 Å². The molecule has 0 amide bonds. The van der Waals surface area contributed by atoms with Gasteiger partial charge in [-0.1, -0.05) is 151 Å². The number of aromatic nitrogens is 1. The van der Waals surface area contributed by atoms with Crippen LogP contribution in [0.1, 0.15) is 34.3 Å². The number of fused-ring (bicyclic) bond motifs is 5. The predicted molar refractivity (Wildman–Crippen MR) is 216 cm³/mol. The number of benzene rings is 8. The number of pyridine rings is 1. The molecular weight excluding hydrogens is 640 g/mol. The molecule has 0 aliphatic heterocycles. The normalized spacial score (nSPS) is 19.4. The zero-order valence-electron chi connectivity index (χ0n) is 50.9. The maximum Gasteiger partial charge on any atom is 0.171 e. The molecule has 1 heterocycles. The van der Waals surface area contributed by atoms with Gasteiger partial charge in [-0.15, -0.1) is 0 Å². The van der Waals surface area contributed by atoms with E-state index in [0.717, 1.165) is 53.4 Å². The zero-order chi connectivity index (χ0) is 56.0. The van der Waals surface area contributed by atoms with E-state index in [1.807, 2.05) is 0 Å². The molecule has 0 fully saturated rings. The van der Waals surface area contributed by atoms with Gasteiger partial charge in [0.1, 0.15) is 0 Å². The lowest BCUT2D eigenvalue weighted by atomic mass is 9.95. The van der Waals surface area contributed by atoms with Crippen molar-refractivity contribution in [3.8, 4) is 11.3 Å². The van der Waals surface area contributed by atoms with E-state index in [-0.39, 0.29) is 5.69 Å². The molecule has 0 saturated carbocycles. The Balaban J connectivity index is 1.58. The van der Waals surface area contributed by atoms with Gasteiger partial charge in [0.25, 0.3) is 0 Å². The Morgan fingerprint density at radius 2 is 1.20 bits per heavy atom. The van der Waals surface area contributed by atoms with Gasteiger partial charge in [-0.2, -0.15) is 0 Å². The first-order valence-corrected chi connectivity index (χ1v) is 16.8. The molecule has 1 atom stereocenters. The average Bonchev–Trinajstić information content (AvgIpc) is 3.38. The SMILES string of the molecule is [2H]c1cccc(P(=O)(c2c([2H])c([2H])c([2H])c([2H])c2[2H])c2c([2H])c3c(-c4cc([2H])c(N(c5ccc([2H])c([2H])c5[2H])c5c([2H])ccc([2H])c5[2H])c([2H])c4[2H])nc4c([2H])c([2H])c([2H])c([2H])c4c3c3c([2H])c([2H])c([2H])c([2H])c23)c1[2H]. The molecule has 9 rings (SSSR count). The number of rotatable bonds is 7. The Labute approximate surface area is 332 Å². The number of para-hydroxylation sites is 3. The van der Waals surface area contributed by atoms with Crippen molar-refractivity contribution < 1.29 is 38.8 Å². The number of nitrogens with zero attached hydrogens (tertiary/aromatic N) is 2. The second-order valence-corrected chi connectivity index (χ2v) is 13.4. The molecule has 4 heteroatoms. The molecule has 0 radical (unpaired) electrons. The van der Waals surface area contributed by atoms with Crippen LogP contribution in [0.4, 0.5) is 17.1 Å². The highest BCUT2D eigenvalue weighted by Crippen LogP contribution is 2.47. The molecule has 3 nitrogen and oxygen atoms in total. The van der Waals surface area contributed by atoms with Crippen molar-refractivity contribution in [2.45, 2.75) is 0 Å². The fourth-order valence-corrected chi connectivity index (χ4v) is 8.13. The van der Waals surface area contributed by atoms with Crippen LogP contribution in [0.2, 0.25) is 0 Å². The molecule has 0 aliphatic carbocycles. The van der Waals surface area contributed by atoms with Crippen LogP contribution >= 0.6 is 7.14 Å². The second kappa shape index (κ2) is 12.9. The van der Waals surface area contributed by atoms with Gasteiger partial charge in [0.2, 0.25) is 0 Å². The standard InChI is InChI=1S/C47H33N2OP/c50-51(38-21-9-3-10-22-38,39-23-11-4-12-24-39)45-33-43-46(41-26-14-13-25-40(41)45)42-27-15-16-28-44(42)48-47(43)34-29-31-37(32-30-34)49(35-17-5-1-6-18-35)36-19-7-2-8-20-36/h1-33H/i1D,3D,5D,7D,9D,10D,11D,13D,14D,15D,16D,17D,19D,20D,21D,22D,23D,25D,26D,27D,28D,29D,31D,32D,33D. The third kappa shape index (κ3) is 5.31. The number of hydrogen-bond donors (Lipinski definition) is 0. The van der Waals surface area contributed by atoms with Crippen LogP contribution in [0.25, 0.3) is 43.7 Å². The van der Waals surface area contributed by atoms with Gasteiger partial charge in [-0.25, -0.2) is 4.98 Å². The van der Waals surface area contributed by atoms with Crippen LogP contribution in [0.15, 0.2) is 200 Å². The quantitative estimate of drug-likeness (QED) is 0.123. The van der Waals surface area contributed by atoms with Gasteiger partial charge in [0.15, 0.2) is 7.14 Å². The maximum absolute atomic E-state index is 17.1. The Morgan fingerprint density at radius 3 is 2.10 bits per heavy atom. The molecule has 0 saturated heterocycles. The molecule has 8 aromatic carbocycles. The second-order valence-electron chi connectivity index (χ2n) is 10.8. The predicted octanol–water partition coefficient (Wildman–Crippen LogP) is 11.3. The van der Waals surface area contributed by atoms with Crippen LogP contribution in [0, 0.1) is 0 Å². The Morgan fingerprint density at radius 1 is 0.490 bits per heavy atom. The summed E-state index contributed by atoms with van der Waals surface area (Å²) in [4.78, 5) is 5.43. The lowest BCUT2D eigenvalue weighted by Crippen LogP contribution is -2.25. The number of hydrogen-bond acceptors (Lipinski definition) is 3. The maximum atomic E-state index is 17.1. The van der Waals surface area contributed by atoms with Crippen molar-refractivity contribution in [3.05, 3.63) is 200 Å². The first kappa shape index (κ1) is 14.2. The van der Waals surface area contributed by atoms with E-state index in [4.69, 9.17) is 24.7 Å². The monoisotopic (exact) mass is 697 g/mol. The van der Waals surface area contributed by atoms with Crippen molar-refractivity contribution in [2.75, 3.05) is 4.90 Å². The fourth-order valence-electron chi connectivity index (χ4n) is 5.73. The summed E-state index contributed by atoms with van der Waals surface area (Å²) >= 11 is 0.